The van der Waals surface area contributed by atoms with Crippen molar-refractivity contribution in [1.82, 2.24) is 9.97 Å². The highest BCUT2D eigenvalue weighted by Crippen LogP contribution is 2.33. The van der Waals surface area contributed by atoms with Gasteiger partial charge in [0.1, 0.15) is 0 Å². The van der Waals surface area contributed by atoms with E-state index >= 15 is 0 Å². The smallest absolute Gasteiger partial charge is 0.244 e. The summed E-state index contributed by atoms with van der Waals surface area (Å²) in [4.78, 5) is 9.29. The van der Waals surface area contributed by atoms with Crippen molar-refractivity contribution in [3.8, 4) is 45.5 Å². The van der Waals surface area contributed by atoms with E-state index in [0.29, 0.717) is 34.5 Å². The zero-order chi connectivity index (χ0) is 24.8. The highest BCUT2D eigenvalue weighted by Gasteiger charge is 2.12. The molecule has 0 aliphatic heterocycles. The van der Waals surface area contributed by atoms with Gasteiger partial charge in [0.15, 0.2) is 23.0 Å². The third-order valence-corrected chi connectivity index (χ3v) is 5.37. The average molecular weight is 471 g/mol. The van der Waals surface area contributed by atoms with Crippen LogP contribution in [0.5, 0.6) is 23.0 Å². The summed E-state index contributed by atoms with van der Waals surface area (Å²) in [5, 5.41) is 14.5. The molecule has 0 unspecified atom stereocenters. The minimum absolute atomic E-state index is 0.000825. The number of hydrazone groups is 1. The minimum Gasteiger partial charge on any atom is -0.504 e. The summed E-state index contributed by atoms with van der Waals surface area (Å²) >= 11 is 0. The van der Waals surface area contributed by atoms with E-state index in [1.54, 1.807) is 32.4 Å². The molecule has 2 N–H and O–H groups in total. The number of rotatable bonds is 8. The standard InChI is InChI=1S/C27H26N4O4/c1-17-8-10-18(11-9-17)21-15-22(19-12-13-23(33-2)25(14-19)35-4)30-27(29-21)31-28-16-20-6-5-7-24(34-3)26(20)32/h5-16,32H,1-4H3,(H,29,30,31). The van der Waals surface area contributed by atoms with Crippen LogP contribution in [0, 0.1) is 6.92 Å². The normalized spacial score (nSPS) is 10.9. The number of hydrogen-bond acceptors (Lipinski definition) is 8. The summed E-state index contributed by atoms with van der Waals surface area (Å²) in [7, 11) is 4.68. The molecule has 1 heterocycles. The van der Waals surface area contributed by atoms with Crippen LogP contribution >= 0.6 is 0 Å². The molecule has 0 radical (unpaired) electrons. The van der Waals surface area contributed by atoms with Crippen LogP contribution in [0.15, 0.2) is 71.8 Å². The fraction of sp³-hybridized carbons (Fsp3) is 0.148. The van der Waals surface area contributed by atoms with E-state index < -0.39 is 0 Å². The molecular weight excluding hydrogens is 444 g/mol. The van der Waals surface area contributed by atoms with Crippen molar-refractivity contribution < 1.29 is 19.3 Å². The Balaban J connectivity index is 1.73. The van der Waals surface area contributed by atoms with E-state index in [1.165, 1.54) is 13.3 Å². The van der Waals surface area contributed by atoms with Crippen LogP contribution in [0.2, 0.25) is 0 Å². The van der Waals surface area contributed by atoms with Crippen molar-refractivity contribution in [2.24, 2.45) is 5.10 Å². The van der Waals surface area contributed by atoms with E-state index in [4.69, 9.17) is 14.2 Å². The number of methoxy groups -OCH3 is 3. The molecule has 0 spiro atoms. The van der Waals surface area contributed by atoms with Crippen LogP contribution in [0.3, 0.4) is 0 Å². The maximum absolute atomic E-state index is 10.3. The van der Waals surface area contributed by atoms with Crippen molar-refractivity contribution in [2.75, 3.05) is 26.8 Å². The highest BCUT2D eigenvalue weighted by atomic mass is 16.5. The maximum atomic E-state index is 10.3. The Morgan fingerprint density at radius 1 is 0.771 bits per heavy atom. The lowest BCUT2D eigenvalue weighted by atomic mass is 10.1. The second-order valence-electron chi connectivity index (χ2n) is 7.67. The Bertz CT molecular complexity index is 1350. The number of aryl methyl sites for hydroxylation is 1. The first-order valence-electron chi connectivity index (χ1n) is 10.9. The van der Waals surface area contributed by atoms with Gasteiger partial charge >= 0.3 is 0 Å². The van der Waals surface area contributed by atoms with E-state index in [1.807, 2.05) is 55.5 Å². The van der Waals surface area contributed by atoms with Gasteiger partial charge < -0.3 is 19.3 Å². The fourth-order valence-electron chi connectivity index (χ4n) is 3.48. The number of para-hydroxylation sites is 1. The van der Waals surface area contributed by atoms with Gasteiger partial charge in [-0.3, -0.25) is 0 Å². The van der Waals surface area contributed by atoms with Crippen LogP contribution in [-0.2, 0) is 0 Å². The number of anilines is 1. The van der Waals surface area contributed by atoms with Gasteiger partial charge in [0.05, 0.1) is 38.9 Å². The molecule has 0 aliphatic carbocycles. The fourth-order valence-corrected chi connectivity index (χ4v) is 3.48. The number of ether oxygens (including phenoxy) is 3. The van der Waals surface area contributed by atoms with Gasteiger partial charge in [0.2, 0.25) is 5.95 Å². The van der Waals surface area contributed by atoms with Crippen LogP contribution in [0.1, 0.15) is 11.1 Å². The summed E-state index contributed by atoms with van der Waals surface area (Å²) in [6.45, 7) is 2.04. The van der Waals surface area contributed by atoms with Crippen molar-refractivity contribution in [1.29, 1.82) is 0 Å². The SMILES string of the molecule is COc1ccc(-c2cc(-c3ccc(C)cc3)nc(NN=Cc3cccc(OC)c3O)n2)cc1OC. The second-order valence-corrected chi connectivity index (χ2v) is 7.67. The molecule has 0 atom stereocenters. The summed E-state index contributed by atoms with van der Waals surface area (Å²) in [6.07, 6.45) is 1.48. The predicted molar refractivity (Wildman–Crippen MR) is 137 cm³/mol. The van der Waals surface area contributed by atoms with Crippen molar-refractivity contribution >= 4 is 12.2 Å². The van der Waals surface area contributed by atoms with Crippen molar-refractivity contribution in [2.45, 2.75) is 6.92 Å². The molecule has 178 valence electrons. The summed E-state index contributed by atoms with van der Waals surface area (Å²) in [6, 6.07) is 20.8. The molecule has 0 fully saturated rings. The second kappa shape index (κ2) is 10.6. The lowest BCUT2D eigenvalue weighted by Crippen LogP contribution is -2.01. The van der Waals surface area contributed by atoms with E-state index in [9.17, 15) is 5.11 Å². The summed E-state index contributed by atoms with van der Waals surface area (Å²) in [5.74, 6) is 1.89. The van der Waals surface area contributed by atoms with Gasteiger partial charge in [-0.2, -0.15) is 5.10 Å². The van der Waals surface area contributed by atoms with E-state index in [0.717, 1.165) is 22.4 Å². The molecule has 1 aromatic heterocycles. The zero-order valence-electron chi connectivity index (χ0n) is 19.9. The number of benzene rings is 3. The average Bonchev–Trinajstić information content (AvgIpc) is 2.89. The first-order valence-corrected chi connectivity index (χ1v) is 10.9. The Morgan fingerprint density at radius 2 is 1.43 bits per heavy atom. The number of aromatic hydroxyl groups is 1. The Kier molecular flexibility index (Phi) is 7.11. The summed E-state index contributed by atoms with van der Waals surface area (Å²) < 4.78 is 16.0. The molecule has 4 rings (SSSR count). The largest absolute Gasteiger partial charge is 0.504 e. The van der Waals surface area contributed by atoms with Gasteiger partial charge in [-0.05, 0) is 43.3 Å². The maximum Gasteiger partial charge on any atom is 0.244 e. The monoisotopic (exact) mass is 470 g/mol. The van der Waals surface area contributed by atoms with Crippen LogP contribution in [-0.4, -0.2) is 42.6 Å². The number of aromatic nitrogens is 2. The zero-order valence-corrected chi connectivity index (χ0v) is 19.9. The quantitative estimate of drug-likeness (QED) is 0.266. The number of phenols is 1. The first kappa shape index (κ1) is 23.6. The van der Waals surface area contributed by atoms with E-state index in [-0.39, 0.29) is 5.75 Å². The van der Waals surface area contributed by atoms with Gasteiger partial charge in [0, 0.05) is 16.7 Å². The number of nitrogens with one attached hydrogen (secondary N) is 1. The van der Waals surface area contributed by atoms with Gasteiger partial charge in [-0.1, -0.05) is 35.9 Å². The van der Waals surface area contributed by atoms with Gasteiger partial charge in [0.25, 0.3) is 0 Å². The first-order chi connectivity index (χ1) is 17.0. The lowest BCUT2D eigenvalue weighted by molar-refractivity contribution is 0.355. The lowest BCUT2D eigenvalue weighted by Gasteiger charge is -2.11. The molecule has 0 saturated carbocycles. The third kappa shape index (κ3) is 5.33. The van der Waals surface area contributed by atoms with Crippen molar-refractivity contribution in [3.05, 3.63) is 77.9 Å². The molecule has 8 nitrogen and oxygen atoms in total. The molecule has 35 heavy (non-hydrogen) atoms. The molecule has 0 aliphatic rings. The predicted octanol–water partition coefficient (Wildman–Crippen LogP) is 5.30. The van der Waals surface area contributed by atoms with E-state index in [2.05, 4.69) is 20.5 Å². The number of phenolic OH excluding ortho intramolecular Hbond substituents is 1. The molecule has 3 aromatic carbocycles. The Hall–Kier alpha value is -4.59. The highest BCUT2D eigenvalue weighted by molar-refractivity contribution is 5.85. The van der Waals surface area contributed by atoms with Crippen LogP contribution < -0.4 is 19.6 Å². The topological polar surface area (TPSA) is 98.1 Å². The molecule has 0 saturated heterocycles. The van der Waals surface area contributed by atoms with Crippen LogP contribution in [0.25, 0.3) is 22.5 Å². The minimum atomic E-state index is 0.000825. The number of hydrogen-bond donors (Lipinski definition) is 2. The third-order valence-electron chi connectivity index (χ3n) is 5.37. The molecular formula is C27H26N4O4. The summed E-state index contributed by atoms with van der Waals surface area (Å²) in [5.41, 5.74) is 7.71. The molecule has 4 aromatic rings. The van der Waals surface area contributed by atoms with Crippen molar-refractivity contribution in [3.63, 3.8) is 0 Å². The Labute approximate surface area is 203 Å². The van der Waals surface area contributed by atoms with Crippen LogP contribution in [0.4, 0.5) is 5.95 Å². The van der Waals surface area contributed by atoms with Gasteiger partial charge in [-0.25, -0.2) is 15.4 Å². The van der Waals surface area contributed by atoms with Gasteiger partial charge in [-0.15, -0.1) is 0 Å². The molecule has 0 bridgehead atoms. The molecule has 8 heteroatoms. The Morgan fingerprint density at radius 3 is 2.11 bits per heavy atom. The molecule has 0 amide bonds. The number of nitrogens with zero attached hydrogens (tertiary/aromatic N) is 3.